The van der Waals surface area contributed by atoms with Crippen molar-refractivity contribution in [2.24, 2.45) is 0 Å². The van der Waals surface area contributed by atoms with Crippen molar-refractivity contribution in [3.8, 4) is 5.75 Å². The van der Waals surface area contributed by atoms with Gasteiger partial charge in [-0.05, 0) is 49.4 Å². The minimum Gasteiger partial charge on any atom is -0.497 e. The SMILES string of the molecule is COc1ccc(N2CCN(CCCNC(=O)C=C3Sc4ccccc4NC3=O)CC2)cc1. The standard InChI is InChI=1S/C24H28N4O3S/c1-31-19-9-7-18(8-10-19)28-15-13-27(14-16-28)12-4-11-25-23(29)17-22-24(30)26-20-5-2-3-6-21(20)32-22/h2-3,5-10,17H,4,11-16H2,1H3,(H,25,29)(H,26,30). The van der Waals surface area contributed by atoms with Crippen molar-refractivity contribution in [2.75, 3.05) is 56.6 Å². The molecule has 2 aromatic rings. The number of nitrogens with zero attached hydrogens (tertiary/aromatic N) is 2. The highest BCUT2D eigenvalue weighted by atomic mass is 32.2. The maximum atomic E-state index is 12.3. The predicted octanol–water partition coefficient (Wildman–Crippen LogP) is 2.95. The van der Waals surface area contributed by atoms with Crippen LogP contribution in [0.15, 0.2) is 64.4 Å². The van der Waals surface area contributed by atoms with Crippen molar-refractivity contribution in [3.05, 3.63) is 59.5 Å². The fourth-order valence-electron chi connectivity index (χ4n) is 3.81. The minimum absolute atomic E-state index is 0.230. The molecule has 8 heteroatoms. The molecular weight excluding hydrogens is 424 g/mol. The smallest absolute Gasteiger partial charge is 0.262 e. The molecule has 2 aromatic carbocycles. The van der Waals surface area contributed by atoms with E-state index < -0.39 is 0 Å². The van der Waals surface area contributed by atoms with E-state index in [1.807, 2.05) is 36.4 Å². The maximum Gasteiger partial charge on any atom is 0.262 e. The second-order valence-electron chi connectivity index (χ2n) is 7.73. The number of nitrogens with one attached hydrogen (secondary N) is 2. The third-order valence-corrected chi connectivity index (χ3v) is 6.70. The molecule has 2 aliphatic heterocycles. The number of para-hydroxylation sites is 1. The van der Waals surface area contributed by atoms with E-state index in [0.717, 1.165) is 55.5 Å². The quantitative estimate of drug-likeness (QED) is 0.497. The normalized spacial score (nSPS) is 17.6. The van der Waals surface area contributed by atoms with Crippen LogP contribution in [0.4, 0.5) is 11.4 Å². The number of thioether (sulfide) groups is 1. The van der Waals surface area contributed by atoms with Crippen molar-refractivity contribution in [3.63, 3.8) is 0 Å². The van der Waals surface area contributed by atoms with Gasteiger partial charge in [0.05, 0.1) is 17.7 Å². The second kappa shape index (κ2) is 10.6. The van der Waals surface area contributed by atoms with E-state index in [2.05, 4.69) is 32.6 Å². The molecule has 4 rings (SSSR count). The molecule has 0 spiro atoms. The van der Waals surface area contributed by atoms with Gasteiger partial charge in [-0.15, -0.1) is 0 Å². The molecule has 2 N–H and O–H groups in total. The first-order valence-corrected chi connectivity index (χ1v) is 11.6. The molecular formula is C24H28N4O3S. The van der Waals surface area contributed by atoms with Gasteiger partial charge in [0.1, 0.15) is 5.75 Å². The lowest BCUT2D eigenvalue weighted by atomic mass is 10.2. The summed E-state index contributed by atoms with van der Waals surface area (Å²) in [4.78, 5) is 30.6. The van der Waals surface area contributed by atoms with E-state index in [4.69, 9.17) is 4.74 Å². The molecule has 0 atom stereocenters. The van der Waals surface area contributed by atoms with Crippen LogP contribution in [0, 0.1) is 0 Å². The summed E-state index contributed by atoms with van der Waals surface area (Å²) in [6.45, 7) is 5.50. The number of methoxy groups -OCH3 is 1. The zero-order valence-electron chi connectivity index (χ0n) is 18.2. The largest absolute Gasteiger partial charge is 0.497 e. The second-order valence-corrected chi connectivity index (χ2v) is 8.82. The molecule has 0 saturated carbocycles. The molecule has 0 bridgehead atoms. The number of piperazine rings is 1. The fourth-order valence-corrected chi connectivity index (χ4v) is 4.73. The predicted molar refractivity (Wildman–Crippen MR) is 128 cm³/mol. The highest BCUT2D eigenvalue weighted by Gasteiger charge is 2.21. The van der Waals surface area contributed by atoms with E-state index in [9.17, 15) is 9.59 Å². The van der Waals surface area contributed by atoms with Gasteiger partial charge < -0.3 is 20.3 Å². The van der Waals surface area contributed by atoms with Gasteiger partial charge in [0.25, 0.3) is 5.91 Å². The van der Waals surface area contributed by atoms with Crippen LogP contribution in [-0.2, 0) is 9.59 Å². The van der Waals surface area contributed by atoms with Gasteiger partial charge in [-0.2, -0.15) is 0 Å². The topological polar surface area (TPSA) is 73.9 Å². The van der Waals surface area contributed by atoms with Crippen LogP contribution in [0.1, 0.15) is 6.42 Å². The summed E-state index contributed by atoms with van der Waals surface area (Å²) in [6, 6.07) is 15.8. The summed E-state index contributed by atoms with van der Waals surface area (Å²) in [6.07, 6.45) is 2.27. The molecule has 0 aliphatic carbocycles. The van der Waals surface area contributed by atoms with Crippen LogP contribution in [0.5, 0.6) is 5.75 Å². The zero-order valence-corrected chi connectivity index (χ0v) is 19.0. The lowest BCUT2D eigenvalue weighted by Crippen LogP contribution is -2.47. The first-order valence-electron chi connectivity index (χ1n) is 10.8. The van der Waals surface area contributed by atoms with E-state index >= 15 is 0 Å². The molecule has 32 heavy (non-hydrogen) atoms. The first kappa shape index (κ1) is 22.2. The van der Waals surface area contributed by atoms with Crippen molar-refractivity contribution in [2.45, 2.75) is 11.3 Å². The van der Waals surface area contributed by atoms with E-state index in [1.165, 1.54) is 23.5 Å². The third kappa shape index (κ3) is 5.63. The molecule has 0 aromatic heterocycles. The first-order chi connectivity index (χ1) is 15.6. The van der Waals surface area contributed by atoms with Crippen molar-refractivity contribution in [1.82, 2.24) is 10.2 Å². The fraction of sp³-hybridized carbons (Fsp3) is 0.333. The average molecular weight is 453 g/mol. The Bertz CT molecular complexity index is 985. The Morgan fingerprint density at radius 1 is 1.12 bits per heavy atom. The average Bonchev–Trinajstić information content (AvgIpc) is 2.83. The van der Waals surface area contributed by atoms with E-state index in [0.29, 0.717) is 11.4 Å². The van der Waals surface area contributed by atoms with Gasteiger partial charge in [-0.3, -0.25) is 14.5 Å². The number of carbonyl (C=O) groups is 2. The minimum atomic E-state index is -0.237. The summed E-state index contributed by atoms with van der Waals surface area (Å²) in [5, 5.41) is 5.72. The van der Waals surface area contributed by atoms with Crippen LogP contribution in [0.3, 0.4) is 0 Å². The Labute approximate surface area is 192 Å². The van der Waals surface area contributed by atoms with Gasteiger partial charge in [-0.1, -0.05) is 23.9 Å². The number of carbonyl (C=O) groups excluding carboxylic acids is 2. The molecule has 1 fully saturated rings. The van der Waals surface area contributed by atoms with Gasteiger partial charge in [0.15, 0.2) is 0 Å². The molecule has 168 valence electrons. The Morgan fingerprint density at radius 2 is 1.88 bits per heavy atom. The molecule has 2 heterocycles. The number of benzene rings is 2. The van der Waals surface area contributed by atoms with Crippen LogP contribution < -0.4 is 20.3 Å². The Kier molecular flexibility index (Phi) is 7.34. The van der Waals surface area contributed by atoms with Crippen LogP contribution in [0.2, 0.25) is 0 Å². The summed E-state index contributed by atoms with van der Waals surface area (Å²) in [5.74, 6) is 0.405. The maximum absolute atomic E-state index is 12.3. The highest BCUT2D eigenvalue weighted by Crippen LogP contribution is 2.37. The number of hydrogen-bond acceptors (Lipinski definition) is 6. The number of rotatable bonds is 7. The zero-order chi connectivity index (χ0) is 22.3. The number of anilines is 2. The number of ether oxygens (including phenoxy) is 1. The summed E-state index contributed by atoms with van der Waals surface area (Å²) in [5.41, 5.74) is 2.00. The van der Waals surface area contributed by atoms with Crippen LogP contribution in [-0.4, -0.2) is 63.1 Å². The number of hydrogen-bond donors (Lipinski definition) is 2. The Morgan fingerprint density at radius 3 is 2.62 bits per heavy atom. The molecule has 1 saturated heterocycles. The Balaban J connectivity index is 1.16. The lowest BCUT2D eigenvalue weighted by molar-refractivity contribution is -0.117. The molecule has 2 aliphatic rings. The van der Waals surface area contributed by atoms with Crippen molar-refractivity contribution < 1.29 is 14.3 Å². The van der Waals surface area contributed by atoms with Crippen molar-refractivity contribution >= 4 is 35.0 Å². The van der Waals surface area contributed by atoms with Gasteiger partial charge in [0, 0.05) is 49.4 Å². The van der Waals surface area contributed by atoms with E-state index in [1.54, 1.807) is 7.11 Å². The molecule has 2 amide bonds. The van der Waals surface area contributed by atoms with Gasteiger partial charge >= 0.3 is 0 Å². The third-order valence-electron chi connectivity index (χ3n) is 5.60. The van der Waals surface area contributed by atoms with Crippen LogP contribution >= 0.6 is 11.8 Å². The highest BCUT2D eigenvalue weighted by molar-refractivity contribution is 8.04. The lowest BCUT2D eigenvalue weighted by Gasteiger charge is -2.36. The van der Waals surface area contributed by atoms with Gasteiger partial charge in [-0.25, -0.2) is 0 Å². The van der Waals surface area contributed by atoms with Crippen molar-refractivity contribution in [1.29, 1.82) is 0 Å². The molecule has 0 unspecified atom stereocenters. The summed E-state index contributed by atoms with van der Waals surface area (Å²) < 4.78 is 5.23. The molecule has 7 nitrogen and oxygen atoms in total. The Hall–Kier alpha value is -2.97. The number of amides is 2. The van der Waals surface area contributed by atoms with Gasteiger partial charge in [0.2, 0.25) is 5.91 Å². The number of fused-ring (bicyclic) bond motifs is 1. The van der Waals surface area contributed by atoms with E-state index in [-0.39, 0.29) is 11.8 Å². The molecule has 0 radical (unpaired) electrons. The monoisotopic (exact) mass is 452 g/mol. The summed E-state index contributed by atoms with van der Waals surface area (Å²) >= 11 is 1.32. The summed E-state index contributed by atoms with van der Waals surface area (Å²) in [7, 11) is 1.68. The van der Waals surface area contributed by atoms with Crippen LogP contribution in [0.25, 0.3) is 0 Å².